The first-order valence-corrected chi connectivity index (χ1v) is 11.7. The molecule has 0 amide bonds. The minimum atomic E-state index is 0.561. The maximum absolute atomic E-state index is 6.65. The summed E-state index contributed by atoms with van der Waals surface area (Å²) in [7, 11) is 3.62. The lowest BCUT2D eigenvalue weighted by molar-refractivity contribution is 0.210. The van der Waals surface area contributed by atoms with E-state index in [1.54, 1.807) is 24.6 Å². The normalized spacial score (nSPS) is 11.2. The zero-order valence-corrected chi connectivity index (χ0v) is 19.8. The number of aromatic nitrogens is 4. The Labute approximate surface area is 200 Å². The summed E-state index contributed by atoms with van der Waals surface area (Å²) in [5, 5.41) is 5.13. The third-order valence-electron chi connectivity index (χ3n) is 5.35. The summed E-state index contributed by atoms with van der Waals surface area (Å²) in [6.45, 7) is 1.18. The summed E-state index contributed by atoms with van der Waals surface area (Å²) in [4.78, 5) is 16.2. The molecule has 0 aliphatic rings. The van der Waals surface area contributed by atoms with Crippen LogP contribution in [0.25, 0.3) is 43.4 Å². The average Bonchev–Trinajstić information content (AvgIpc) is 3.43. The van der Waals surface area contributed by atoms with Crippen molar-refractivity contribution in [2.24, 2.45) is 7.05 Å². The van der Waals surface area contributed by atoms with Crippen LogP contribution in [0.4, 0.5) is 5.82 Å². The average molecular weight is 476 g/mol. The molecule has 0 radical (unpaired) electrons. The van der Waals surface area contributed by atoms with Gasteiger partial charge in [-0.05, 0) is 11.6 Å². The van der Waals surface area contributed by atoms with E-state index >= 15 is 0 Å². The van der Waals surface area contributed by atoms with Crippen molar-refractivity contribution in [2.75, 3.05) is 25.6 Å². The van der Waals surface area contributed by atoms with E-state index in [1.807, 2.05) is 60.3 Å². The van der Waals surface area contributed by atoms with Gasteiger partial charge in [-0.3, -0.25) is 0 Å². The second-order valence-electron chi connectivity index (χ2n) is 7.51. The summed E-state index contributed by atoms with van der Waals surface area (Å²) in [5.74, 6) is 2.03. The van der Waals surface area contributed by atoms with Crippen LogP contribution in [-0.2, 0) is 11.8 Å². The molecule has 5 rings (SSSR count). The molecule has 166 valence electrons. The molecule has 5 aromatic rings. The fourth-order valence-corrected chi connectivity index (χ4v) is 5.32. The number of benzene rings is 2. The van der Waals surface area contributed by atoms with E-state index in [4.69, 9.17) is 26.3 Å². The zero-order valence-electron chi connectivity index (χ0n) is 18.2. The number of hydrogen-bond donors (Lipinski definition) is 1. The first-order valence-electron chi connectivity index (χ1n) is 10.5. The molecule has 0 bridgehead atoms. The van der Waals surface area contributed by atoms with Gasteiger partial charge in [-0.15, -0.1) is 11.3 Å². The quantitative estimate of drug-likeness (QED) is 0.286. The number of methoxy groups -OCH3 is 1. The number of rotatable bonds is 7. The maximum Gasteiger partial charge on any atom is 0.199 e. The molecule has 0 aliphatic carbocycles. The standard InChI is InChI=1S/C25H22ClN5OS/c1-31-14-12-28-24(31)23-29-22(27-13-15-32-2)20-19(16-8-4-3-5-9-16)21(33-25(20)30-23)17-10-6-7-11-18(17)26/h3-12,14H,13,15H2,1-2H3,(H,27,29,30). The summed E-state index contributed by atoms with van der Waals surface area (Å²) >= 11 is 8.26. The third-order valence-corrected chi connectivity index (χ3v) is 6.80. The molecule has 0 atom stereocenters. The number of nitrogens with zero attached hydrogens (tertiary/aromatic N) is 4. The van der Waals surface area contributed by atoms with Crippen LogP contribution in [-0.4, -0.2) is 39.8 Å². The van der Waals surface area contributed by atoms with Gasteiger partial charge in [-0.1, -0.05) is 60.1 Å². The molecule has 0 fully saturated rings. The smallest absolute Gasteiger partial charge is 0.199 e. The predicted octanol–water partition coefficient (Wildman–Crippen LogP) is 6.14. The van der Waals surface area contributed by atoms with Crippen LogP contribution in [0.15, 0.2) is 67.0 Å². The van der Waals surface area contributed by atoms with Gasteiger partial charge in [0.15, 0.2) is 11.6 Å². The SMILES string of the molecule is COCCNc1nc(-c2nccn2C)nc2sc(-c3ccccc3Cl)c(-c3ccccc3)c12. The van der Waals surface area contributed by atoms with Crippen molar-refractivity contribution in [3.8, 4) is 33.2 Å². The van der Waals surface area contributed by atoms with E-state index < -0.39 is 0 Å². The van der Waals surface area contributed by atoms with Gasteiger partial charge in [-0.2, -0.15) is 0 Å². The van der Waals surface area contributed by atoms with Crippen LogP contribution < -0.4 is 5.32 Å². The summed E-state index contributed by atoms with van der Waals surface area (Å²) in [6.07, 6.45) is 3.64. The second-order valence-corrected chi connectivity index (χ2v) is 8.92. The Hall–Kier alpha value is -3.26. The van der Waals surface area contributed by atoms with Crippen molar-refractivity contribution in [2.45, 2.75) is 0 Å². The lowest BCUT2D eigenvalue weighted by Crippen LogP contribution is -2.10. The summed E-state index contributed by atoms with van der Waals surface area (Å²) in [5.41, 5.74) is 3.12. The third kappa shape index (κ3) is 4.11. The second kappa shape index (κ2) is 9.31. The van der Waals surface area contributed by atoms with Crippen LogP contribution in [0.2, 0.25) is 5.02 Å². The van der Waals surface area contributed by atoms with Crippen LogP contribution >= 0.6 is 22.9 Å². The number of hydrogen-bond acceptors (Lipinski definition) is 6. The number of thiophene rings is 1. The van der Waals surface area contributed by atoms with Crippen LogP contribution in [0.1, 0.15) is 0 Å². The van der Waals surface area contributed by atoms with Gasteiger partial charge in [0.25, 0.3) is 0 Å². The van der Waals surface area contributed by atoms with Crippen molar-refractivity contribution in [3.63, 3.8) is 0 Å². The highest BCUT2D eigenvalue weighted by molar-refractivity contribution is 7.22. The number of imidazole rings is 1. The van der Waals surface area contributed by atoms with Crippen LogP contribution in [0, 0.1) is 0 Å². The molecular weight excluding hydrogens is 454 g/mol. The highest BCUT2D eigenvalue weighted by Crippen LogP contribution is 2.48. The fourth-order valence-electron chi connectivity index (χ4n) is 3.80. The molecule has 0 unspecified atom stereocenters. The summed E-state index contributed by atoms with van der Waals surface area (Å²) in [6, 6.07) is 18.2. The number of ether oxygens (including phenoxy) is 1. The first-order chi connectivity index (χ1) is 16.2. The lowest BCUT2D eigenvalue weighted by atomic mass is 9.99. The highest BCUT2D eigenvalue weighted by atomic mass is 35.5. The largest absolute Gasteiger partial charge is 0.383 e. The van der Waals surface area contributed by atoms with E-state index in [0.717, 1.165) is 37.6 Å². The number of aryl methyl sites for hydroxylation is 1. The van der Waals surface area contributed by atoms with Gasteiger partial charge < -0.3 is 14.6 Å². The predicted molar refractivity (Wildman–Crippen MR) is 136 cm³/mol. The van der Waals surface area contributed by atoms with Gasteiger partial charge in [0, 0.05) is 54.1 Å². The number of halogens is 1. The Morgan fingerprint density at radius 3 is 2.58 bits per heavy atom. The van der Waals surface area contributed by atoms with E-state index in [-0.39, 0.29) is 0 Å². The van der Waals surface area contributed by atoms with Gasteiger partial charge in [0.2, 0.25) is 0 Å². The summed E-state index contributed by atoms with van der Waals surface area (Å²) < 4.78 is 7.18. The van der Waals surface area contributed by atoms with Crippen molar-refractivity contribution in [1.82, 2.24) is 19.5 Å². The molecule has 6 nitrogen and oxygen atoms in total. The van der Waals surface area contributed by atoms with Crippen molar-refractivity contribution < 1.29 is 4.74 Å². The molecule has 2 aromatic carbocycles. The van der Waals surface area contributed by atoms with Gasteiger partial charge in [-0.25, -0.2) is 15.0 Å². The molecule has 33 heavy (non-hydrogen) atoms. The van der Waals surface area contributed by atoms with E-state index in [9.17, 15) is 0 Å². The van der Waals surface area contributed by atoms with Crippen molar-refractivity contribution in [3.05, 3.63) is 72.0 Å². The number of anilines is 1. The van der Waals surface area contributed by atoms with Crippen molar-refractivity contribution in [1.29, 1.82) is 0 Å². The zero-order chi connectivity index (χ0) is 22.8. The highest BCUT2D eigenvalue weighted by Gasteiger charge is 2.23. The first kappa shape index (κ1) is 21.6. The molecule has 1 N–H and O–H groups in total. The molecule has 8 heteroatoms. The maximum atomic E-state index is 6.65. The fraction of sp³-hybridized carbons (Fsp3) is 0.160. The topological polar surface area (TPSA) is 64.9 Å². The molecule has 3 aromatic heterocycles. The van der Waals surface area contributed by atoms with Crippen molar-refractivity contribution >= 4 is 39.0 Å². The van der Waals surface area contributed by atoms with Crippen LogP contribution in [0.5, 0.6) is 0 Å². The molecular formula is C25H22ClN5OS. The monoisotopic (exact) mass is 475 g/mol. The Morgan fingerprint density at radius 1 is 1.06 bits per heavy atom. The van der Waals surface area contributed by atoms with E-state index in [0.29, 0.717) is 29.8 Å². The molecule has 3 heterocycles. The Balaban J connectivity index is 1.83. The van der Waals surface area contributed by atoms with Gasteiger partial charge in [0.1, 0.15) is 10.6 Å². The van der Waals surface area contributed by atoms with Gasteiger partial charge >= 0.3 is 0 Å². The van der Waals surface area contributed by atoms with E-state index in [2.05, 4.69) is 22.4 Å². The van der Waals surface area contributed by atoms with E-state index in [1.165, 1.54) is 0 Å². The Kier molecular flexibility index (Phi) is 6.09. The molecule has 0 saturated heterocycles. The van der Waals surface area contributed by atoms with Gasteiger partial charge in [0.05, 0.1) is 12.0 Å². The Morgan fingerprint density at radius 2 is 1.85 bits per heavy atom. The molecule has 0 aliphatic heterocycles. The Bertz CT molecular complexity index is 1410. The number of fused-ring (bicyclic) bond motifs is 1. The minimum Gasteiger partial charge on any atom is -0.383 e. The molecule has 0 saturated carbocycles. The number of nitrogens with one attached hydrogen (secondary N) is 1. The minimum absolute atomic E-state index is 0.561. The molecule has 0 spiro atoms. The lowest BCUT2D eigenvalue weighted by Gasteiger charge is -2.11. The van der Waals surface area contributed by atoms with Crippen LogP contribution in [0.3, 0.4) is 0 Å².